The van der Waals surface area contributed by atoms with Gasteiger partial charge in [-0.2, -0.15) is 12.6 Å². The number of guanidine groups is 1. The Morgan fingerprint density at radius 2 is 1.37 bits per heavy atom. The molecule has 0 bridgehead atoms. The molecule has 0 saturated carbocycles. The predicted molar refractivity (Wildman–Crippen MR) is 251 cm³/mol. The largest absolute Gasteiger partial charge is 0.508 e. The van der Waals surface area contributed by atoms with Crippen molar-refractivity contribution in [2.24, 2.45) is 22.2 Å². The van der Waals surface area contributed by atoms with Crippen molar-refractivity contribution in [2.75, 3.05) is 18.8 Å². The van der Waals surface area contributed by atoms with Gasteiger partial charge in [-0.25, -0.2) is 9.78 Å². The second-order valence-corrected chi connectivity index (χ2v) is 16.1. The van der Waals surface area contributed by atoms with E-state index in [4.69, 9.17) is 17.2 Å². The normalized spacial score (nSPS) is 14.1. The Kier molecular flexibility index (Phi) is 20.1. The molecule has 0 spiro atoms. The van der Waals surface area contributed by atoms with Gasteiger partial charge < -0.3 is 74.6 Å². The minimum atomic E-state index is -1.37. The summed E-state index contributed by atoms with van der Waals surface area (Å²) in [5, 5.41) is 37.7. The quantitative estimate of drug-likeness (QED) is 0.0130. The number of H-pyrrole nitrogens is 2. The van der Waals surface area contributed by atoms with Gasteiger partial charge in [0.05, 0.1) is 18.9 Å². The minimum Gasteiger partial charge on any atom is -0.508 e. The third-order valence-corrected chi connectivity index (χ3v) is 10.8. The van der Waals surface area contributed by atoms with E-state index < -0.39 is 96.2 Å². The number of aromatic nitrogens is 3. The topological polar surface area (TPSA) is 396 Å². The number of carbonyl (C=O) groups is 8. The number of thiol groups is 1. The SMILES string of the molecule is C[C@H](NC(=O)CNC(=O)[C@H](CCCN=C(N)N)NC(=O)[C@H](C)NC(=O)[C@H](CS)NC(=O)[C@@H](N)Cc1ccc(O)cc1)C(=O)N[C@@H](Cc1cnc[nH]1)C(=O)N[C@@H](Cc1c[nH]c2ccccc12)C(=O)O. The summed E-state index contributed by atoms with van der Waals surface area (Å²) in [5.74, 6) is -7.12. The fourth-order valence-corrected chi connectivity index (χ4v) is 6.92. The second-order valence-electron chi connectivity index (χ2n) is 15.8. The van der Waals surface area contributed by atoms with Crippen LogP contribution in [0.2, 0.25) is 0 Å². The molecule has 0 radical (unpaired) electrons. The van der Waals surface area contributed by atoms with Gasteiger partial charge in [-0.1, -0.05) is 30.3 Å². The van der Waals surface area contributed by atoms with E-state index in [1.165, 1.54) is 38.5 Å². The van der Waals surface area contributed by atoms with E-state index in [1.807, 2.05) is 18.2 Å². The zero-order valence-electron chi connectivity index (χ0n) is 37.3. The Balaban J connectivity index is 1.32. The van der Waals surface area contributed by atoms with Crippen molar-refractivity contribution in [3.8, 4) is 5.75 Å². The van der Waals surface area contributed by atoms with E-state index in [-0.39, 0.29) is 56.1 Å². The number of aromatic amines is 2. The smallest absolute Gasteiger partial charge is 0.326 e. The lowest BCUT2D eigenvalue weighted by molar-refractivity contribution is -0.142. The number of benzene rings is 2. The number of hydrogen-bond acceptors (Lipinski definition) is 13. The zero-order chi connectivity index (χ0) is 49.9. The summed E-state index contributed by atoms with van der Waals surface area (Å²) < 4.78 is 0. The molecular weight excluding hydrogens is 905 g/mol. The summed E-state index contributed by atoms with van der Waals surface area (Å²) in [6.45, 7) is 2.09. The lowest BCUT2D eigenvalue weighted by Crippen LogP contribution is -2.58. The number of nitrogens with zero attached hydrogens (tertiary/aromatic N) is 2. The van der Waals surface area contributed by atoms with Crippen molar-refractivity contribution < 1.29 is 48.6 Å². The van der Waals surface area contributed by atoms with E-state index in [0.29, 0.717) is 16.8 Å². The molecule has 0 aliphatic heterocycles. The number of rotatable bonds is 26. The summed E-state index contributed by atoms with van der Waals surface area (Å²) in [7, 11) is 0. The highest BCUT2D eigenvalue weighted by molar-refractivity contribution is 7.80. The van der Waals surface area contributed by atoms with Gasteiger partial charge in [-0.3, -0.25) is 38.6 Å². The maximum absolute atomic E-state index is 13.6. The maximum atomic E-state index is 13.6. The van der Waals surface area contributed by atoms with Crippen LogP contribution < -0.4 is 54.4 Å². The molecule has 0 saturated heterocycles. The number of imidazole rings is 1. The van der Waals surface area contributed by atoms with Crippen molar-refractivity contribution in [2.45, 2.75) is 88.2 Å². The van der Waals surface area contributed by atoms with Crippen LogP contribution in [0.15, 0.2) is 72.2 Å². The third-order valence-electron chi connectivity index (χ3n) is 10.4. The monoisotopic (exact) mass is 962 g/mol. The van der Waals surface area contributed by atoms with Crippen LogP contribution in [0.4, 0.5) is 0 Å². The molecule has 68 heavy (non-hydrogen) atoms. The first kappa shape index (κ1) is 52.9. The number of carboxylic acid groups (broad SMARTS) is 1. The molecule has 2 aromatic carbocycles. The molecule has 17 N–H and O–H groups in total. The first-order valence-corrected chi connectivity index (χ1v) is 22.0. The van der Waals surface area contributed by atoms with Crippen molar-refractivity contribution in [1.29, 1.82) is 0 Å². The number of nitrogens with one attached hydrogen (secondary N) is 9. The van der Waals surface area contributed by atoms with Crippen molar-refractivity contribution in [3.05, 3.63) is 84.1 Å². The molecule has 0 aliphatic rings. The van der Waals surface area contributed by atoms with E-state index in [0.717, 1.165) is 10.9 Å². The molecule has 4 rings (SSSR count). The summed E-state index contributed by atoms with van der Waals surface area (Å²) in [5.41, 5.74) is 19.4. The molecular formula is C43H58N14O10S. The summed E-state index contributed by atoms with van der Waals surface area (Å²) in [6, 6.07) is 4.64. The Morgan fingerprint density at radius 1 is 0.735 bits per heavy atom. The summed E-state index contributed by atoms with van der Waals surface area (Å²) in [4.78, 5) is 119. The number of hydrogen-bond donors (Lipinski definition) is 15. The molecule has 366 valence electrons. The average Bonchev–Trinajstić information content (AvgIpc) is 3.98. The van der Waals surface area contributed by atoms with Gasteiger partial charge in [0.2, 0.25) is 41.4 Å². The number of aromatic hydroxyl groups is 1. The lowest BCUT2D eigenvalue weighted by atomic mass is 10.0. The number of carboxylic acids is 1. The fourth-order valence-electron chi connectivity index (χ4n) is 6.66. The average molecular weight is 963 g/mol. The Labute approximate surface area is 395 Å². The Bertz CT molecular complexity index is 2410. The molecule has 25 heteroatoms. The number of amides is 7. The Hall–Kier alpha value is -7.67. The highest BCUT2D eigenvalue weighted by Gasteiger charge is 2.31. The number of para-hydroxylation sites is 1. The molecule has 2 heterocycles. The summed E-state index contributed by atoms with van der Waals surface area (Å²) >= 11 is 4.16. The van der Waals surface area contributed by atoms with Crippen molar-refractivity contribution in [3.63, 3.8) is 0 Å². The van der Waals surface area contributed by atoms with Crippen LogP contribution in [0.1, 0.15) is 43.5 Å². The van der Waals surface area contributed by atoms with Crippen LogP contribution in [0, 0.1) is 0 Å². The molecule has 24 nitrogen and oxygen atoms in total. The molecule has 2 aromatic heterocycles. The van der Waals surface area contributed by atoms with Crippen LogP contribution in [0.25, 0.3) is 10.9 Å². The molecule has 7 amide bonds. The number of aliphatic carboxylic acids is 1. The molecule has 0 fully saturated rings. The molecule has 7 atom stereocenters. The van der Waals surface area contributed by atoms with Gasteiger partial charge in [0.25, 0.3) is 0 Å². The number of phenols is 1. The zero-order valence-corrected chi connectivity index (χ0v) is 38.2. The number of fused-ring (bicyclic) bond motifs is 1. The van der Waals surface area contributed by atoms with Gasteiger partial charge in [0.15, 0.2) is 5.96 Å². The van der Waals surface area contributed by atoms with Gasteiger partial charge in [0, 0.05) is 54.1 Å². The van der Waals surface area contributed by atoms with Crippen LogP contribution >= 0.6 is 12.6 Å². The molecule has 4 aromatic rings. The molecule has 0 unspecified atom stereocenters. The number of nitrogens with two attached hydrogens (primary N) is 3. The fraction of sp³-hybridized carbons (Fsp3) is 0.395. The van der Waals surface area contributed by atoms with E-state index in [1.54, 1.807) is 24.4 Å². The van der Waals surface area contributed by atoms with Gasteiger partial charge in [0.1, 0.15) is 42.0 Å². The highest BCUT2D eigenvalue weighted by atomic mass is 32.1. The van der Waals surface area contributed by atoms with E-state index in [9.17, 15) is 48.6 Å². The van der Waals surface area contributed by atoms with Crippen LogP contribution in [-0.2, 0) is 57.6 Å². The van der Waals surface area contributed by atoms with Gasteiger partial charge >= 0.3 is 5.97 Å². The van der Waals surface area contributed by atoms with Gasteiger partial charge in [-0.05, 0) is 62.4 Å². The minimum absolute atomic E-state index is 0.0199. The standard InChI is InChI=1S/C43H58N14O10S/c1-22(36(60)55-32(16-26-18-47-21-51-26)40(64)56-33(42(66)67)15-25-17-49-30-7-4-3-6-28(25)30)52-35(59)19-50-39(63)31(8-5-13-48-43(45)46)54-37(61)23(2)53-41(65)34(20-68)57-38(62)29(44)14-24-9-11-27(58)12-10-24/h3-4,6-7,9-12,17-18,21-23,29,31-34,49,58,68H,5,8,13-16,19-20,44H2,1-2H3,(H,47,51)(H,50,63)(H,52,59)(H,53,65)(H,54,61)(H,55,60)(H,56,64)(H,57,62)(H,66,67)(H4,45,46,48)/t22-,23-,29-,31-,32-,33-,34-/m0/s1. The lowest BCUT2D eigenvalue weighted by Gasteiger charge is -2.24. The van der Waals surface area contributed by atoms with Crippen molar-refractivity contribution >= 4 is 76.8 Å². The second kappa shape index (κ2) is 25.9. The first-order chi connectivity index (χ1) is 32.3. The van der Waals surface area contributed by atoms with Gasteiger partial charge in [-0.15, -0.1) is 0 Å². The maximum Gasteiger partial charge on any atom is 0.326 e. The van der Waals surface area contributed by atoms with Crippen molar-refractivity contribution in [1.82, 2.24) is 52.2 Å². The first-order valence-electron chi connectivity index (χ1n) is 21.4. The summed E-state index contributed by atoms with van der Waals surface area (Å²) in [6.07, 6.45) is 4.55. The van der Waals surface area contributed by atoms with E-state index >= 15 is 0 Å². The number of phenolic OH excluding ortho intramolecular Hbond substituents is 1. The molecule has 0 aliphatic carbocycles. The highest BCUT2D eigenvalue weighted by Crippen LogP contribution is 2.19. The van der Waals surface area contributed by atoms with Crippen LogP contribution in [0.3, 0.4) is 0 Å². The van der Waals surface area contributed by atoms with E-state index in [2.05, 4.69) is 69.8 Å². The Morgan fingerprint density at radius 3 is 2.01 bits per heavy atom. The number of carbonyl (C=O) groups excluding carboxylic acids is 7. The predicted octanol–water partition coefficient (Wildman–Crippen LogP) is -2.92. The third kappa shape index (κ3) is 16.6. The van der Waals surface area contributed by atoms with Crippen LogP contribution in [-0.4, -0.2) is 140 Å². The van der Waals surface area contributed by atoms with Crippen LogP contribution in [0.5, 0.6) is 5.75 Å². The number of aliphatic imine (C=N–C) groups is 1.